The summed E-state index contributed by atoms with van der Waals surface area (Å²) in [7, 11) is 0. The Hall–Kier alpha value is -2.82. The van der Waals surface area contributed by atoms with E-state index in [4.69, 9.17) is 4.74 Å². The number of benzene rings is 2. The van der Waals surface area contributed by atoms with Crippen molar-refractivity contribution in [3.63, 3.8) is 0 Å². The number of hydrogen-bond acceptors (Lipinski definition) is 3. The molecule has 0 spiro atoms. The third kappa shape index (κ3) is 5.95. The molecule has 2 N–H and O–H groups in total. The summed E-state index contributed by atoms with van der Waals surface area (Å²) in [5, 5.41) is 12.1. The van der Waals surface area contributed by atoms with Crippen molar-refractivity contribution in [2.24, 2.45) is 0 Å². The molecular weight excluding hydrogens is 318 g/mol. The van der Waals surface area contributed by atoms with Crippen molar-refractivity contribution in [2.75, 3.05) is 6.54 Å². The van der Waals surface area contributed by atoms with Gasteiger partial charge in [0.15, 0.2) is 0 Å². The molecule has 1 atom stereocenters. The quantitative estimate of drug-likeness (QED) is 0.774. The standard InChI is InChI=1S/C20H23NO4/c1-14(2)25-17-10-6-7-15(11-17)12-19(22)21-13-18(20(23)24)16-8-4-3-5-9-16/h3-11,14,18H,12-13H2,1-2H3,(H,21,22)(H,23,24). The van der Waals surface area contributed by atoms with Gasteiger partial charge in [-0.2, -0.15) is 0 Å². The van der Waals surface area contributed by atoms with Crippen LogP contribution in [0.3, 0.4) is 0 Å². The van der Waals surface area contributed by atoms with Crippen molar-refractivity contribution >= 4 is 11.9 Å². The Morgan fingerprint density at radius 3 is 2.44 bits per heavy atom. The minimum atomic E-state index is -0.959. The maximum atomic E-state index is 12.2. The average molecular weight is 341 g/mol. The Kier molecular flexibility index (Phi) is 6.57. The van der Waals surface area contributed by atoms with Gasteiger partial charge in [-0.3, -0.25) is 9.59 Å². The number of carbonyl (C=O) groups excluding carboxylic acids is 1. The Bertz CT molecular complexity index is 713. The highest BCUT2D eigenvalue weighted by Crippen LogP contribution is 2.16. The molecule has 25 heavy (non-hydrogen) atoms. The normalized spacial score (nSPS) is 11.8. The van der Waals surface area contributed by atoms with Gasteiger partial charge < -0.3 is 15.2 Å². The summed E-state index contributed by atoms with van der Waals surface area (Å²) in [4.78, 5) is 23.6. The first-order chi connectivity index (χ1) is 12.0. The highest BCUT2D eigenvalue weighted by Gasteiger charge is 2.20. The van der Waals surface area contributed by atoms with Gasteiger partial charge in [-0.25, -0.2) is 0 Å². The van der Waals surface area contributed by atoms with Crippen LogP contribution in [0.2, 0.25) is 0 Å². The van der Waals surface area contributed by atoms with E-state index in [0.717, 1.165) is 5.56 Å². The zero-order valence-corrected chi connectivity index (χ0v) is 14.4. The Morgan fingerprint density at radius 1 is 1.08 bits per heavy atom. The van der Waals surface area contributed by atoms with E-state index in [2.05, 4.69) is 5.32 Å². The predicted octanol–water partition coefficient (Wildman–Crippen LogP) is 3.00. The van der Waals surface area contributed by atoms with Crippen LogP contribution in [0.5, 0.6) is 5.75 Å². The van der Waals surface area contributed by atoms with Crippen molar-refractivity contribution in [2.45, 2.75) is 32.3 Å². The lowest BCUT2D eigenvalue weighted by molar-refractivity contribution is -0.138. The molecule has 0 aromatic heterocycles. The van der Waals surface area contributed by atoms with Gasteiger partial charge in [0, 0.05) is 6.54 Å². The number of hydrogen-bond donors (Lipinski definition) is 2. The molecule has 0 aliphatic heterocycles. The van der Waals surface area contributed by atoms with Crippen molar-refractivity contribution < 1.29 is 19.4 Å². The average Bonchev–Trinajstić information content (AvgIpc) is 2.55. The molecule has 132 valence electrons. The highest BCUT2D eigenvalue weighted by atomic mass is 16.5. The van der Waals surface area contributed by atoms with Gasteiger partial charge >= 0.3 is 5.97 Å². The summed E-state index contributed by atoms with van der Waals surface area (Å²) in [5.41, 5.74) is 1.49. The molecule has 0 saturated heterocycles. The van der Waals surface area contributed by atoms with Crippen LogP contribution >= 0.6 is 0 Å². The molecule has 2 aromatic carbocycles. The molecule has 0 saturated carbocycles. The Balaban J connectivity index is 1.94. The molecule has 2 rings (SSSR count). The van der Waals surface area contributed by atoms with E-state index in [1.165, 1.54) is 0 Å². The van der Waals surface area contributed by atoms with Crippen molar-refractivity contribution in [1.82, 2.24) is 5.32 Å². The monoisotopic (exact) mass is 341 g/mol. The van der Waals surface area contributed by atoms with Crippen LogP contribution in [0.4, 0.5) is 0 Å². The fraction of sp³-hybridized carbons (Fsp3) is 0.300. The lowest BCUT2D eigenvalue weighted by Gasteiger charge is -2.14. The summed E-state index contributed by atoms with van der Waals surface area (Å²) >= 11 is 0. The smallest absolute Gasteiger partial charge is 0.312 e. The van der Waals surface area contributed by atoms with E-state index in [-0.39, 0.29) is 25.0 Å². The van der Waals surface area contributed by atoms with Crippen molar-refractivity contribution in [3.8, 4) is 5.75 Å². The van der Waals surface area contributed by atoms with E-state index < -0.39 is 11.9 Å². The Morgan fingerprint density at radius 2 is 1.80 bits per heavy atom. The van der Waals surface area contributed by atoms with Gasteiger partial charge in [0.25, 0.3) is 0 Å². The molecule has 5 nitrogen and oxygen atoms in total. The minimum Gasteiger partial charge on any atom is -0.491 e. The summed E-state index contributed by atoms with van der Waals surface area (Å²) in [6, 6.07) is 16.2. The topological polar surface area (TPSA) is 75.6 Å². The Labute approximate surface area is 147 Å². The fourth-order valence-corrected chi connectivity index (χ4v) is 2.50. The number of carboxylic acid groups (broad SMARTS) is 1. The van der Waals surface area contributed by atoms with Crippen molar-refractivity contribution in [1.29, 1.82) is 0 Å². The van der Waals surface area contributed by atoms with Gasteiger partial charge in [-0.1, -0.05) is 42.5 Å². The number of amides is 1. The van der Waals surface area contributed by atoms with Crippen LogP contribution in [-0.2, 0) is 16.0 Å². The van der Waals surface area contributed by atoms with Crippen LogP contribution in [0.25, 0.3) is 0 Å². The maximum absolute atomic E-state index is 12.2. The van der Waals surface area contributed by atoms with Crippen LogP contribution in [0, 0.1) is 0 Å². The SMILES string of the molecule is CC(C)Oc1cccc(CC(=O)NCC(C(=O)O)c2ccccc2)c1. The number of rotatable bonds is 8. The van der Waals surface area contributed by atoms with Crippen LogP contribution in [0.15, 0.2) is 54.6 Å². The van der Waals surface area contributed by atoms with E-state index in [1.54, 1.807) is 24.3 Å². The van der Waals surface area contributed by atoms with Crippen LogP contribution in [0.1, 0.15) is 30.9 Å². The molecule has 1 amide bonds. The zero-order valence-electron chi connectivity index (χ0n) is 14.4. The van der Waals surface area contributed by atoms with Crippen LogP contribution < -0.4 is 10.1 Å². The molecular formula is C20H23NO4. The second-order valence-electron chi connectivity index (χ2n) is 6.10. The van der Waals surface area contributed by atoms with Gasteiger partial charge in [-0.15, -0.1) is 0 Å². The second-order valence-corrected chi connectivity index (χ2v) is 6.10. The first kappa shape index (κ1) is 18.5. The van der Waals surface area contributed by atoms with Gasteiger partial charge in [0.1, 0.15) is 5.75 Å². The third-order valence-corrected chi connectivity index (χ3v) is 3.64. The van der Waals surface area contributed by atoms with E-state index in [9.17, 15) is 14.7 Å². The minimum absolute atomic E-state index is 0.0559. The number of ether oxygens (including phenoxy) is 1. The molecule has 0 aliphatic rings. The second kappa shape index (κ2) is 8.87. The summed E-state index contributed by atoms with van der Waals surface area (Å²) in [5.74, 6) is -1.23. The lowest BCUT2D eigenvalue weighted by atomic mass is 9.99. The molecule has 0 fully saturated rings. The van der Waals surface area contributed by atoms with E-state index >= 15 is 0 Å². The first-order valence-corrected chi connectivity index (χ1v) is 8.25. The molecule has 0 radical (unpaired) electrons. The summed E-state index contributed by atoms with van der Waals surface area (Å²) in [6.45, 7) is 3.93. The number of carbonyl (C=O) groups is 2. The predicted molar refractivity (Wildman–Crippen MR) is 95.7 cm³/mol. The molecule has 0 heterocycles. The highest BCUT2D eigenvalue weighted by molar-refractivity contribution is 5.81. The summed E-state index contributed by atoms with van der Waals surface area (Å²) < 4.78 is 5.61. The number of nitrogens with one attached hydrogen (secondary N) is 1. The molecule has 5 heteroatoms. The van der Waals surface area contributed by atoms with E-state index in [0.29, 0.717) is 11.3 Å². The fourth-order valence-electron chi connectivity index (χ4n) is 2.50. The van der Waals surface area contributed by atoms with Crippen molar-refractivity contribution in [3.05, 3.63) is 65.7 Å². The maximum Gasteiger partial charge on any atom is 0.312 e. The molecule has 2 aromatic rings. The molecule has 0 aliphatic carbocycles. The van der Waals surface area contributed by atoms with E-state index in [1.807, 2.05) is 44.2 Å². The lowest BCUT2D eigenvalue weighted by Crippen LogP contribution is -2.32. The third-order valence-electron chi connectivity index (χ3n) is 3.64. The van der Waals surface area contributed by atoms with Crippen LogP contribution in [-0.4, -0.2) is 29.6 Å². The molecule has 1 unspecified atom stereocenters. The van der Waals surface area contributed by atoms with Gasteiger partial charge in [0.05, 0.1) is 18.4 Å². The number of carboxylic acids is 1. The zero-order chi connectivity index (χ0) is 18.2. The van der Waals surface area contributed by atoms with Gasteiger partial charge in [0.2, 0.25) is 5.91 Å². The molecule has 0 bridgehead atoms. The largest absolute Gasteiger partial charge is 0.491 e. The van der Waals surface area contributed by atoms with Gasteiger partial charge in [-0.05, 0) is 37.1 Å². The number of aliphatic carboxylic acids is 1. The summed E-state index contributed by atoms with van der Waals surface area (Å²) in [6.07, 6.45) is 0.238. The first-order valence-electron chi connectivity index (χ1n) is 8.25.